The first-order chi connectivity index (χ1) is 8.61. The number of amides is 1. The van der Waals surface area contributed by atoms with Crippen LogP contribution in [0.4, 0.5) is 4.79 Å². The van der Waals surface area contributed by atoms with Crippen LogP contribution in [0.15, 0.2) is 30.3 Å². The molecular weight excluding hydrogens is 298 g/mol. The number of alkyl carbamates (subject to hydrolysis) is 1. The highest BCUT2D eigenvalue weighted by atomic mass is 79.9. The molecule has 0 aliphatic rings. The van der Waals surface area contributed by atoms with Gasteiger partial charge in [0.05, 0.1) is 5.33 Å². The van der Waals surface area contributed by atoms with Crippen LogP contribution in [0.3, 0.4) is 0 Å². The molecule has 4 nitrogen and oxygen atoms in total. The van der Waals surface area contributed by atoms with Crippen LogP contribution in [0.5, 0.6) is 0 Å². The summed E-state index contributed by atoms with van der Waals surface area (Å²) in [5, 5.41) is 2.92. The van der Waals surface area contributed by atoms with Gasteiger partial charge in [0.25, 0.3) is 0 Å². The Labute approximate surface area is 115 Å². The maximum absolute atomic E-state index is 11.4. The lowest BCUT2D eigenvalue weighted by Gasteiger charge is -2.12. The van der Waals surface area contributed by atoms with Crippen molar-refractivity contribution >= 4 is 27.8 Å². The topological polar surface area (TPSA) is 55.4 Å². The van der Waals surface area contributed by atoms with Gasteiger partial charge in [-0.05, 0) is 12.5 Å². The van der Waals surface area contributed by atoms with Crippen LogP contribution < -0.4 is 5.32 Å². The Morgan fingerprint density at radius 3 is 2.61 bits per heavy atom. The van der Waals surface area contributed by atoms with Crippen LogP contribution in [0, 0.1) is 0 Å². The normalized spacial score (nSPS) is 11.7. The molecule has 0 bridgehead atoms. The minimum atomic E-state index is -0.506. The number of carbonyl (C=O) groups is 2. The van der Waals surface area contributed by atoms with Crippen molar-refractivity contribution in [2.75, 3.05) is 5.33 Å². The SMILES string of the molecule is CC(CC(=O)CBr)NC(=O)OCc1ccccc1. The second-order valence-electron chi connectivity index (χ2n) is 3.98. The predicted octanol–water partition coefficient (Wildman–Crippen LogP) is 2.66. The second-order valence-corrected chi connectivity index (χ2v) is 4.54. The number of halogens is 1. The highest BCUT2D eigenvalue weighted by Gasteiger charge is 2.11. The van der Waals surface area contributed by atoms with Crippen molar-refractivity contribution < 1.29 is 14.3 Å². The van der Waals surface area contributed by atoms with Crippen LogP contribution in [-0.4, -0.2) is 23.2 Å². The lowest BCUT2D eigenvalue weighted by atomic mass is 10.2. The van der Waals surface area contributed by atoms with Crippen molar-refractivity contribution in [3.05, 3.63) is 35.9 Å². The molecule has 0 radical (unpaired) electrons. The molecule has 98 valence electrons. The number of hydrogen-bond donors (Lipinski definition) is 1. The van der Waals surface area contributed by atoms with E-state index in [1.165, 1.54) is 0 Å². The predicted molar refractivity (Wildman–Crippen MR) is 72.6 cm³/mol. The van der Waals surface area contributed by atoms with Crippen molar-refractivity contribution in [3.8, 4) is 0 Å². The Balaban J connectivity index is 2.27. The largest absolute Gasteiger partial charge is 0.445 e. The van der Waals surface area contributed by atoms with Gasteiger partial charge < -0.3 is 10.1 Å². The summed E-state index contributed by atoms with van der Waals surface area (Å²) in [6, 6.07) is 9.20. The number of ketones is 1. The van der Waals surface area contributed by atoms with Gasteiger partial charge in [-0.3, -0.25) is 4.79 Å². The first kappa shape index (κ1) is 14.7. The lowest BCUT2D eigenvalue weighted by Crippen LogP contribution is -2.34. The summed E-state index contributed by atoms with van der Waals surface area (Å²) in [6.45, 7) is 2.00. The molecule has 1 rings (SSSR count). The van der Waals surface area contributed by atoms with E-state index < -0.39 is 6.09 Å². The molecule has 5 heteroatoms. The number of carbonyl (C=O) groups excluding carboxylic acids is 2. The summed E-state index contributed by atoms with van der Waals surface area (Å²) >= 11 is 3.08. The molecule has 0 heterocycles. The average molecular weight is 314 g/mol. The molecule has 1 unspecified atom stereocenters. The fraction of sp³-hybridized carbons (Fsp3) is 0.385. The maximum atomic E-state index is 11.4. The van der Waals surface area contributed by atoms with Crippen LogP contribution >= 0.6 is 15.9 Å². The summed E-state index contributed by atoms with van der Waals surface area (Å²) in [5.41, 5.74) is 0.928. The minimum Gasteiger partial charge on any atom is -0.445 e. The molecule has 0 aliphatic heterocycles. The lowest BCUT2D eigenvalue weighted by molar-refractivity contribution is -0.116. The first-order valence-corrected chi connectivity index (χ1v) is 6.79. The number of alkyl halides is 1. The summed E-state index contributed by atoms with van der Waals surface area (Å²) in [6.07, 6.45) is -0.209. The second kappa shape index (κ2) is 7.87. The molecule has 0 aromatic heterocycles. The Morgan fingerprint density at radius 2 is 2.00 bits per heavy atom. The molecule has 1 aromatic carbocycles. The monoisotopic (exact) mass is 313 g/mol. The van der Waals surface area contributed by atoms with E-state index in [0.29, 0.717) is 11.8 Å². The number of ether oxygens (including phenoxy) is 1. The number of nitrogens with one attached hydrogen (secondary N) is 1. The Hall–Kier alpha value is -1.36. The molecule has 0 spiro atoms. The maximum Gasteiger partial charge on any atom is 0.407 e. The van der Waals surface area contributed by atoms with Gasteiger partial charge in [0.1, 0.15) is 12.4 Å². The van der Waals surface area contributed by atoms with Crippen LogP contribution in [0.1, 0.15) is 18.9 Å². The van der Waals surface area contributed by atoms with Gasteiger partial charge in [-0.25, -0.2) is 4.79 Å². The van der Waals surface area contributed by atoms with E-state index in [4.69, 9.17) is 4.74 Å². The molecule has 18 heavy (non-hydrogen) atoms. The number of Topliss-reactive ketones (excluding diaryl/α,β-unsaturated/α-hetero) is 1. The Morgan fingerprint density at radius 1 is 1.33 bits per heavy atom. The smallest absolute Gasteiger partial charge is 0.407 e. The molecular formula is C13H16BrNO3. The third-order valence-electron chi connectivity index (χ3n) is 2.26. The average Bonchev–Trinajstić information content (AvgIpc) is 2.37. The van der Waals surface area contributed by atoms with Gasteiger partial charge in [0.2, 0.25) is 0 Å². The quantitative estimate of drug-likeness (QED) is 0.821. The van der Waals surface area contributed by atoms with Crippen molar-refractivity contribution in [3.63, 3.8) is 0 Å². The minimum absolute atomic E-state index is 0.0471. The summed E-state index contributed by atoms with van der Waals surface area (Å²) in [7, 11) is 0. The number of rotatable bonds is 6. The van der Waals surface area contributed by atoms with E-state index in [1.807, 2.05) is 30.3 Å². The van der Waals surface area contributed by atoms with Crippen molar-refractivity contribution in [1.29, 1.82) is 0 Å². The standard InChI is InChI=1S/C13H16BrNO3/c1-10(7-12(16)8-14)15-13(17)18-9-11-5-3-2-4-6-11/h2-6,10H,7-9H2,1H3,(H,15,17). The molecule has 1 aromatic rings. The van der Waals surface area contributed by atoms with Gasteiger partial charge in [0.15, 0.2) is 0 Å². The fourth-order valence-corrected chi connectivity index (χ4v) is 1.64. The highest BCUT2D eigenvalue weighted by molar-refractivity contribution is 9.09. The van der Waals surface area contributed by atoms with E-state index in [-0.39, 0.29) is 18.4 Å². The molecule has 1 amide bonds. The first-order valence-electron chi connectivity index (χ1n) is 5.66. The van der Waals surface area contributed by atoms with Crippen molar-refractivity contribution in [1.82, 2.24) is 5.32 Å². The number of benzene rings is 1. The zero-order valence-corrected chi connectivity index (χ0v) is 11.8. The molecule has 0 aliphatic carbocycles. The fourth-order valence-electron chi connectivity index (χ4n) is 1.41. The van der Waals surface area contributed by atoms with E-state index in [1.54, 1.807) is 6.92 Å². The van der Waals surface area contributed by atoms with Gasteiger partial charge in [-0.2, -0.15) is 0 Å². The van der Waals surface area contributed by atoms with Crippen LogP contribution in [0.25, 0.3) is 0 Å². The molecule has 0 saturated heterocycles. The summed E-state index contributed by atoms with van der Waals surface area (Å²) in [5.74, 6) is 0.0471. The van der Waals surface area contributed by atoms with Crippen molar-refractivity contribution in [2.45, 2.75) is 26.0 Å². The summed E-state index contributed by atoms with van der Waals surface area (Å²) in [4.78, 5) is 22.6. The zero-order valence-electron chi connectivity index (χ0n) is 10.2. The van der Waals surface area contributed by atoms with E-state index >= 15 is 0 Å². The van der Waals surface area contributed by atoms with Crippen molar-refractivity contribution in [2.24, 2.45) is 0 Å². The van der Waals surface area contributed by atoms with Crippen LogP contribution in [-0.2, 0) is 16.1 Å². The molecule has 1 atom stereocenters. The van der Waals surface area contributed by atoms with Gasteiger partial charge in [0, 0.05) is 12.5 Å². The van der Waals surface area contributed by atoms with Gasteiger partial charge >= 0.3 is 6.09 Å². The molecule has 0 saturated carbocycles. The van der Waals surface area contributed by atoms with Gasteiger partial charge in [-0.1, -0.05) is 46.3 Å². The third-order valence-corrected chi connectivity index (χ3v) is 2.89. The van der Waals surface area contributed by atoms with E-state index in [0.717, 1.165) is 5.56 Å². The summed E-state index contributed by atoms with van der Waals surface area (Å²) < 4.78 is 5.04. The Bertz CT molecular complexity index is 394. The zero-order chi connectivity index (χ0) is 13.4. The van der Waals surface area contributed by atoms with E-state index in [2.05, 4.69) is 21.2 Å². The highest BCUT2D eigenvalue weighted by Crippen LogP contribution is 2.01. The number of hydrogen-bond acceptors (Lipinski definition) is 3. The van der Waals surface area contributed by atoms with E-state index in [9.17, 15) is 9.59 Å². The molecule has 1 N–H and O–H groups in total. The van der Waals surface area contributed by atoms with Crippen LogP contribution in [0.2, 0.25) is 0 Å². The molecule has 0 fully saturated rings. The third kappa shape index (κ3) is 5.82. The van der Waals surface area contributed by atoms with Gasteiger partial charge in [-0.15, -0.1) is 0 Å². The Kier molecular flexibility index (Phi) is 6.43.